The number of carbonyl (C=O) groups excluding carboxylic acids is 1. The number of hydrogen-bond acceptors (Lipinski definition) is 4. The molecular formula is C20H19F2N3O2S. The minimum atomic E-state index is -0.321. The molecule has 2 N–H and O–H groups in total. The number of hydrogen-bond donors (Lipinski definition) is 2. The van der Waals surface area contributed by atoms with Crippen LogP contribution in [0, 0.1) is 11.6 Å². The normalized spacial score (nSPS) is 10.8. The van der Waals surface area contributed by atoms with Gasteiger partial charge in [0.05, 0.1) is 18.1 Å². The van der Waals surface area contributed by atoms with Gasteiger partial charge in [0.2, 0.25) is 5.91 Å². The second-order valence-electron chi connectivity index (χ2n) is 6.12. The molecule has 0 saturated carbocycles. The van der Waals surface area contributed by atoms with E-state index in [1.807, 2.05) is 4.57 Å². The quantitative estimate of drug-likeness (QED) is 0.567. The van der Waals surface area contributed by atoms with Crippen molar-refractivity contribution in [2.75, 3.05) is 5.75 Å². The molecule has 0 spiro atoms. The molecule has 0 fully saturated rings. The van der Waals surface area contributed by atoms with E-state index in [1.165, 1.54) is 36.0 Å². The number of aromatic nitrogens is 2. The molecule has 0 atom stereocenters. The third-order valence-electron chi connectivity index (χ3n) is 3.95. The molecule has 2 aromatic carbocycles. The fourth-order valence-electron chi connectivity index (χ4n) is 2.53. The number of carbonyl (C=O) groups is 1. The Bertz CT molecular complexity index is 928. The van der Waals surface area contributed by atoms with E-state index < -0.39 is 0 Å². The van der Waals surface area contributed by atoms with Crippen LogP contribution in [0.2, 0.25) is 0 Å². The molecule has 0 bridgehead atoms. The molecule has 1 heterocycles. The van der Waals surface area contributed by atoms with Crippen molar-refractivity contribution in [2.45, 2.75) is 24.9 Å². The number of halogens is 2. The van der Waals surface area contributed by atoms with Gasteiger partial charge < -0.3 is 15.0 Å². The van der Waals surface area contributed by atoms with E-state index in [0.717, 1.165) is 11.1 Å². The minimum absolute atomic E-state index is 0.145. The molecular weight excluding hydrogens is 384 g/mol. The highest BCUT2D eigenvalue weighted by Crippen LogP contribution is 2.19. The SMILES string of the molecule is O=C(CSc1nc(CO)cn1Cc1ccc(F)cc1)NCc1ccc(F)cc1. The van der Waals surface area contributed by atoms with Crippen LogP contribution in [0.15, 0.2) is 59.9 Å². The highest BCUT2D eigenvalue weighted by Gasteiger charge is 2.11. The number of rotatable bonds is 8. The number of thioether (sulfide) groups is 1. The van der Waals surface area contributed by atoms with Crippen molar-refractivity contribution in [3.63, 3.8) is 0 Å². The van der Waals surface area contributed by atoms with Crippen LogP contribution in [0.1, 0.15) is 16.8 Å². The first-order valence-electron chi connectivity index (χ1n) is 8.59. The lowest BCUT2D eigenvalue weighted by Crippen LogP contribution is -2.24. The van der Waals surface area contributed by atoms with Gasteiger partial charge in [-0.1, -0.05) is 36.0 Å². The molecule has 0 aliphatic carbocycles. The average molecular weight is 403 g/mol. The number of nitrogens with one attached hydrogen (secondary N) is 1. The van der Waals surface area contributed by atoms with Crippen LogP contribution in [0.4, 0.5) is 8.78 Å². The van der Waals surface area contributed by atoms with Gasteiger partial charge in [-0.05, 0) is 35.4 Å². The van der Waals surface area contributed by atoms with Crippen LogP contribution >= 0.6 is 11.8 Å². The molecule has 1 aromatic heterocycles. The molecule has 0 aliphatic heterocycles. The van der Waals surface area contributed by atoms with Gasteiger partial charge in [0, 0.05) is 19.3 Å². The molecule has 0 saturated heterocycles. The van der Waals surface area contributed by atoms with Gasteiger partial charge in [0.25, 0.3) is 0 Å². The van der Waals surface area contributed by atoms with Crippen molar-refractivity contribution in [3.8, 4) is 0 Å². The van der Waals surface area contributed by atoms with Gasteiger partial charge in [-0.3, -0.25) is 4.79 Å². The van der Waals surface area contributed by atoms with E-state index in [4.69, 9.17) is 0 Å². The monoisotopic (exact) mass is 403 g/mol. The number of benzene rings is 2. The van der Waals surface area contributed by atoms with E-state index in [-0.39, 0.29) is 29.9 Å². The standard InChI is InChI=1S/C20H19F2N3O2S/c21-16-5-1-14(2-6-16)9-23-19(27)13-28-20-24-18(12-26)11-25(20)10-15-3-7-17(22)8-4-15/h1-8,11,26H,9-10,12-13H2,(H,23,27). The summed E-state index contributed by atoms with van der Waals surface area (Å²) in [4.78, 5) is 16.4. The maximum atomic E-state index is 13.1. The first-order valence-corrected chi connectivity index (χ1v) is 9.57. The van der Waals surface area contributed by atoms with Gasteiger partial charge in [0.15, 0.2) is 5.16 Å². The fourth-order valence-corrected chi connectivity index (χ4v) is 3.35. The number of amides is 1. The van der Waals surface area contributed by atoms with Crippen molar-refractivity contribution in [3.05, 3.63) is 83.2 Å². The van der Waals surface area contributed by atoms with Crippen LogP contribution in [0.3, 0.4) is 0 Å². The molecule has 8 heteroatoms. The summed E-state index contributed by atoms with van der Waals surface area (Å²) in [6, 6.07) is 12.1. The fraction of sp³-hybridized carbons (Fsp3) is 0.200. The van der Waals surface area contributed by atoms with Gasteiger partial charge in [0.1, 0.15) is 11.6 Å². The van der Waals surface area contributed by atoms with Crippen LogP contribution in [-0.2, 0) is 24.5 Å². The summed E-state index contributed by atoms with van der Waals surface area (Å²) >= 11 is 1.25. The summed E-state index contributed by atoms with van der Waals surface area (Å²) < 4.78 is 27.8. The zero-order chi connectivity index (χ0) is 19.9. The van der Waals surface area contributed by atoms with Crippen molar-refractivity contribution >= 4 is 17.7 Å². The molecule has 1 amide bonds. The summed E-state index contributed by atoms with van der Waals surface area (Å²) in [5, 5.41) is 12.7. The van der Waals surface area contributed by atoms with Crippen molar-refractivity contribution in [1.82, 2.24) is 14.9 Å². The molecule has 28 heavy (non-hydrogen) atoms. The van der Waals surface area contributed by atoms with Gasteiger partial charge in [-0.2, -0.15) is 0 Å². The molecule has 0 unspecified atom stereocenters. The highest BCUT2D eigenvalue weighted by atomic mass is 32.2. The van der Waals surface area contributed by atoms with E-state index in [9.17, 15) is 18.7 Å². The lowest BCUT2D eigenvalue weighted by Gasteiger charge is -2.08. The Hall–Kier alpha value is -2.71. The molecule has 5 nitrogen and oxygen atoms in total. The second kappa shape index (κ2) is 9.48. The van der Waals surface area contributed by atoms with E-state index in [0.29, 0.717) is 23.9 Å². The molecule has 3 rings (SSSR count). The second-order valence-corrected chi connectivity index (χ2v) is 7.06. The summed E-state index contributed by atoms with van der Waals surface area (Å²) in [5.41, 5.74) is 2.18. The van der Waals surface area contributed by atoms with Crippen LogP contribution in [0.25, 0.3) is 0 Å². The maximum Gasteiger partial charge on any atom is 0.230 e. The van der Waals surface area contributed by atoms with Gasteiger partial charge in [-0.15, -0.1) is 0 Å². The third-order valence-corrected chi connectivity index (χ3v) is 4.94. The van der Waals surface area contributed by atoms with Crippen molar-refractivity contribution in [1.29, 1.82) is 0 Å². The lowest BCUT2D eigenvalue weighted by atomic mass is 10.2. The number of nitrogens with zero attached hydrogens (tertiary/aromatic N) is 2. The van der Waals surface area contributed by atoms with Crippen molar-refractivity contribution in [2.24, 2.45) is 0 Å². The predicted molar refractivity (Wildman–Crippen MR) is 103 cm³/mol. The first-order chi connectivity index (χ1) is 13.5. The zero-order valence-corrected chi connectivity index (χ0v) is 15.8. The minimum Gasteiger partial charge on any atom is -0.390 e. The number of imidazole rings is 1. The average Bonchev–Trinajstić information content (AvgIpc) is 3.09. The van der Waals surface area contributed by atoms with Crippen LogP contribution < -0.4 is 5.32 Å². The summed E-state index contributed by atoms with van der Waals surface area (Å²) in [5.74, 6) is -0.667. The summed E-state index contributed by atoms with van der Waals surface area (Å²) in [6.07, 6.45) is 1.71. The molecule has 0 radical (unpaired) electrons. The maximum absolute atomic E-state index is 13.1. The summed E-state index contributed by atoms with van der Waals surface area (Å²) in [7, 11) is 0. The Balaban J connectivity index is 1.58. The predicted octanol–water partition coefficient (Wildman–Crippen LogP) is 3.11. The number of aliphatic hydroxyl groups is 1. The van der Waals surface area contributed by atoms with E-state index >= 15 is 0 Å². The van der Waals surface area contributed by atoms with Gasteiger partial charge >= 0.3 is 0 Å². The van der Waals surface area contributed by atoms with Gasteiger partial charge in [-0.25, -0.2) is 13.8 Å². The topological polar surface area (TPSA) is 67.1 Å². The smallest absolute Gasteiger partial charge is 0.230 e. The van der Waals surface area contributed by atoms with Crippen molar-refractivity contribution < 1.29 is 18.7 Å². The third kappa shape index (κ3) is 5.64. The van der Waals surface area contributed by atoms with E-state index in [2.05, 4.69) is 10.3 Å². The zero-order valence-electron chi connectivity index (χ0n) is 14.9. The van der Waals surface area contributed by atoms with Crippen LogP contribution in [0.5, 0.6) is 0 Å². The largest absolute Gasteiger partial charge is 0.390 e. The number of aliphatic hydroxyl groups excluding tert-OH is 1. The molecule has 3 aromatic rings. The first kappa shape index (κ1) is 20.0. The lowest BCUT2D eigenvalue weighted by molar-refractivity contribution is -0.118. The Labute approximate surface area is 165 Å². The Kier molecular flexibility index (Phi) is 6.78. The van der Waals surface area contributed by atoms with E-state index in [1.54, 1.807) is 30.5 Å². The molecule has 0 aliphatic rings. The molecule has 146 valence electrons. The Morgan fingerprint density at radius 1 is 1.04 bits per heavy atom. The highest BCUT2D eigenvalue weighted by molar-refractivity contribution is 7.99. The summed E-state index contributed by atoms with van der Waals surface area (Å²) in [6.45, 7) is 0.555. The Morgan fingerprint density at radius 2 is 1.64 bits per heavy atom. The Morgan fingerprint density at radius 3 is 2.25 bits per heavy atom. The van der Waals surface area contributed by atoms with Crippen LogP contribution in [-0.4, -0.2) is 26.3 Å².